The van der Waals surface area contributed by atoms with Crippen LogP contribution < -0.4 is 0 Å². The molecule has 2 heterocycles. The Morgan fingerprint density at radius 2 is 1.86 bits per heavy atom. The van der Waals surface area contributed by atoms with Gasteiger partial charge in [-0.2, -0.15) is 17.5 Å². The minimum atomic E-state index is -5.02. The van der Waals surface area contributed by atoms with Crippen molar-refractivity contribution in [1.82, 2.24) is 9.29 Å². The summed E-state index contributed by atoms with van der Waals surface area (Å²) in [4.78, 5) is 3.23. The summed E-state index contributed by atoms with van der Waals surface area (Å²) in [6.45, 7) is -0.376. The van der Waals surface area contributed by atoms with Crippen molar-refractivity contribution in [2.24, 2.45) is 0 Å². The number of aromatic nitrogens is 1. The zero-order chi connectivity index (χ0) is 20.4. The van der Waals surface area contributed by atoms with Crippen LogP contribution in [0.3, 0.4) is 0 Å². The smallest absolute Gasteiger partial charge is 0.419 e. The molecule has 0 bridgehead atoms. The third-order valence-electron chi connectivity index (χ3n) is 3.88. The van der Waals surface area contributed by atoms with Gasteiger partial charge in [0.25, 0.3) is 0 Å². The van der Waals surface area contributed by atoms with Crippen molar-refractivity contribution in [3.05, 3.63) is 83.8 Å². The van der Waals surface area contributed by atoms with Crippen molar-refractivity contribution in [2.45, 2.75) is 24.2 Å². The number of halogens is 4. The maximum atomic E-state index is 13.6. The molecule has 0 saturated carbocycles. The Kier molecular flexibility index (Phi) is 5.52. The Morgan fingerprint density at radius 1 is 1.07 bits per heavy atom. The first-order chi connectivity index (χ1) is 13.2. The van der Waals surface area contributed by atoms with Gasteiger partial charge in [-0.3, -0.25) is 4.98 Å². The molecule has 0 aliphatic carbocycles. The van der Waals surface area contributed by atoms with Gasteiger partial charge in [-0.15, -0.1) is 0 Å². The lowest BCUT2D eigenvalue weighted by Crippen LogP contribution is -2.30. The number of alkyl halides is 3. The standard InChI is InChI=1S/C18H14F4N2O3S/c19-17-6-5-15(9-16(17)18(20,21)22)28(25,26)24(12-14-4-2-8-27-14)11-13-3-1-7-23-10-13/h1-10H,11-12H2. The highest BCUT2D eigenvalue weighted by atomic mass is 32.2. The van der Waals surface area contributed by atoms with E-state index < -0.39 is 32.5 Å². The summed E-state index contributed by atoms with van der Waals surface area (Å²) in [5.41, 5.74) is -1.12. The molecule has 148 valence electrons. The lowest BCUT2D eigenvalue weighted by atomic mass is 10.2. The zero-order valence-corrected chi connectivity index (χ0v) is 15.0. The van der Waals surface area contributed by atoms with Crippen molar-refractivity contribution >= 4 is 10.0 Å². The molecular formula is C18H14F4N2O3S. The summed E-state index contributed by atoms with van der Waals surface area (Å²) in [6, 6.07) is 7.92. The number of benzene rings is 1. The Hall–Kier alpha value is -2.72. The molecule has 28 heavy (non-hydrogen) atoms. The third kappa shape index (κ3) is 4.39. The highest BCUT2D eigenvalue weighted by molar-refractivity contribution is 7.89. The zero-order valence-electron chi connectivity index (χ0n) is 14.2. The summed E-state index contributed by atoms with van der Waals surface area (Å²) in [7, 11) is -4.40. The molecule has 0 unspecified atom stereocenters. The van der Waals surface area contributed by atoms with E-state index in [1.165, 1.54) is 24.7 Å². The highest BCUT2D eigenvalue weighted by Gasteiger charge is 2.36. The Balaban J connectivity index is 2.02. The number of rotatable bonds is 6. The van der Waals surface area contributed by atoms with E-state index in [1.54, 1.807) is 18.2 Å². The molecule has 10 heteroatoms. The number of sulfonamides is 1. The summed E-state index contributed by atoms with van der Waals surface area (Å²) in [5, 5.41) is 0. The van der Waals surface area contributed by atoms with E-state index >= 15 is 0 Å². The molecule has 0 saturated heterocycles. The van der Waals surface area contributed by atoms with Crippen LogP contribution in [0.1, 0.15) is 16.9 Å². The first-order valence-corrected chi connectivity index (χ1v) is 9.40. The molecule has 3 aromatic rings. The van der Waals surface area contributed by atoms with E-state index in [2.05, 4.69) is 4.98 Å². The second kappa shape index (κ2) is 7.72. The Labute approximate surface area is 158 Å². The predicted molar refractivity (Wildman–Crippen MR) is 90.8 cm³/mol. The maximum Gasteiger partial charge on any atom is 0.419 e. The number of hydrogen-bond donors (Lipinski definition) is 0. The monoisotopic (exact) mass is 414 g/mol. The lowest BCUT2D eigenvalue weighted by Gasteiger charge is -2.22. The van der Waals surface area contributed by atoms with Crippen LogP contribution in [0.25, 0.3) is 0 Å². The quantitative estimate of drug-likeness (QED) is 0.567. The molecule has 0 radical (unpaired) electrons. The fourth-order valence-corrected chi connectivity index (χ4v) is 3.95. The minimum Gasteiger partial charge on any atom is -0.468 e. The van der Waals surface area contributed by atoms with Crippen LogP contribution in [-0.4, -0.2) is 17.7 Å². The molecule has 3 rings (SSSR count). The van der Waals surface area contributed by atoms with Crippen molar-refractivity contribution < 1.29 is 30.4 Å². The SMILES string of the molecule is O=S(=O)(c1ccc(F)c(C(F)(F)F)c1)N(Cc1cccnc1)Cc1ccco1. The van der Waals surface area contributed by atoms with Gasteiger partial charge in [0.15, 0.2) is 0 Å². The fraction of sp³-hybridized carbons (Fsp3) is 0.167. The second-order valence-electron chi connectivity index (χ2n) is 5.85. The van der Waals surface area contributed by atoms with E-state index in [0.717, 1.165) is 10.4 Å². The summed E-state index contributed by atoms with van der Waals surface area (Å²) < 4.78 is 84.7. The molecular weight excluding hydrogens is 400 g/mol. The van der Waals surface area contributed by atoms with Crippen LogP contribution in [0, 0.1) is 5.82 Å². The topological polar surface area (TPSA) is 63.4 Å². The van der Waals surface area contributed by atoms with Gasteiger partial charge in [0.2, 0.25) is 10.0 Å². The van der Waals surface area contributed by atoms with E-state index in [1.807, 2.05) is 0 Å². The largest absolute Gasteiger partial charge is 0.468 e. The van der Waals surface area contributed by atoms with E-state index in [9.17, 15) is 26.0 Å². The molecule has 2 aromatic heterocycles. The average molecular weight is 414 g/mol. The van der Waals surface area contributed by atoms with Crippen LogP contribution in [0.2, 0.25) is 0 Å². The molecule has 0 amide bonds. The average Bonchev–Trinajstić information content (AvgIpc) is 3.14. The van der Waals surface area contributed by atoms with Crippen LogP contribution in [-0.2, 0) is 29.3 Å². The summed E-state index contributed by atoms with van der Waals surface area (Å²) in [6.07, 6.45) is -0.727. The van der Waals surface area contributed by atoms with Gasteiger partial charge >= 0.3 is 6.18 Å². The normalized spacial score (nSPS) is 12.5. The Bertz CT molecular complexity index is 1040. The number of pyridine rings is 1. The summed E-state index contributed by atoms with van der Waals surface area (Å²) >= 11 is 0. The van der Waals surface area contributed by atoms with Gasteiger partial charge in [0, 0.05) is 18.9 Å². The molecule has 0 atom stereocenters. The van der Waals surface area contributed by atoms with Crippen LogP contribution in [0.4, 0.5) is 17.6 Å². The van der Waals surface area contributed by atoms with Crippen LogP contribution >= 0.6 is 0 Å². The minimum absolute atomic E-state index is 0.157. The fourth-order valence-electron chi connectivity index (χ4n) is 2.53. The second-order valence-corrected chi connectivity index (χ2v) is 7.79. The van der Waals surface area contributed by atoms with Crippen LogP contribution in [0.5, 0.6) is 0 Å². The van der Waals surface area contributed by atoms with Crippen molar-refractivity contribution in [1.29, 1.82) is 0 Å². The molecule has 5 nitrogen and oxygen atoms in total. The molecule has 0 fully saturated rings. The number of furan rings is 1. The summed E-state index contributed by atoms with van der Waals surface area (Å²) in [5.74, 6) is -1.25. The maximum absolute atomic E-state index is 13.6. The molecule has 1 aromatic carbocycles. The third-order valence-corrected chi connectivity index (χ3v) is 5.66. The highest BCUT2D eigenvalue weighted by Crippen LogP contribution is 2.33. The molecule has 0 aliphatic heterocycles. The molecule has 0 N–H and O–H groups in total. The van der Waals surface area contributed by atoms with Crippen molar-refractivity contribution in [3.8, 4) is 0 Å². The van der Waals surface area contributed by atoms with Crippen molar-refractivity contribution in [2.75, 3.05) is 0 Å². The number of nitrogens with zero attached hydrogens (tertiary/aromatic N) is 2. The van der Waals surface area contributed by atoms with Gasteiger partial charge in [-0.25, -0.2) is 12.8 Å². The predicted octanol–water partition coefficient (Wildman–Crippen LogP) is 4.22. The number of hydrogen-bond acceptors (Lipinski definition) is 4. The van der Waals surface area contributed by atoms with E-state index in [0.29, 0.717) is 23.5 Å². The van der Waals surface area contributed by atoms with Gasteiger partial charge < -0.3 is 4.42 Å². The van der Waals surface area contributed by atoms with Gasteiger partial charge in [-0.05, 0) is 42.0 Å². The molecule has 0 spiro atoms. The van der Waals surface area contributed by atoms with Crippen LogP contribution in [0.15, 0.2) is 70.4 Å². The van der Waals surface area contributed by atoms with Gasteiger partial charge in [0.1, 0.15) is 11.6 Å². The van der Waals surface area contributed by atoms with E-state index in [4.69, 9.17) is 4.42 Å². The molecule has 0 aliphatic rings. The van der Waals surface area contributed by atoms with Gasteiger partial charge in [0.05, 0.1) is 23.3 Å². The first-order valence-electron chi connectivity index (χ1n) is 7.96. The Morgan fingerprint density at radius 3 is 2.46 bits per heavy atom. The van der Waals surface area contributed by atoms with Crippen molar-refractivity contribution in [3.63, 3.8) is 0 Å². The van der Waals surface area contributed by atoms with Gasteiger partial charge in [-0.1, -0.05) is 6.07 Å². The van der Waals surface area contributed by atoms with E-state index in [-0.39, 0.29) is 13.1 Å². The lowest BCUT2D eigenvalue weighted by molar-refractivity contribution is -0.140. The first kappa shape index (κ1) is 20.0.